The number of hydrogen-bond acceptors (Lipinski definition) is 5. The number of tetrazole rings is 1. The Labute approximate surface area is 144 Å². The van der Waals surface area contributed by atoms with E-state index in [0.717, 1.165) is 42.2 Å². The van der Waals surface area contributed by atoms with Crippen LogP contribution < -0.4 is 5.32 Å². The highest BCUT2D eigenvalue weighted by Crippen LogP contribution is 2.15. The second-order valence-corrected chi connectivity index (χ2v) is 6.35. The van der Waals surface area contributed by atoms with Gasteiger partial charge in [-0.2, -0.15) is 0 Å². The number of rotatable bonds is 4. The van der Waals surface area contributed by atoms with E-state index in [1.807, 2.05) is 37.4 Å². The largest absolute Gasteiger partial charge is 0.351 e. The molecule has 0 fully saturated rings. The quantitative estimate of drug-likeness (QED) is 0.762. The van der Waals surface area contributed by atoms with E-state index >= 15 is 0 Å². The van der Waals surface area contributed by atoms with Gasteiger partial charge in [0.1, 0.15) is 12.2 Å². The summed E-state index contributed by atoms with van der Waals surface area (Å²) >= 11 is 0. The first-order valence-corrected chi connectivity index (χ1v) is 8.32. The van der Waals surface area contributed by atoms with Gasteiger partial charge in [-0.1, -0.05) is 12.1 Å². The van der Waals surface area contributed by atoms with E-state index < -0.39 is 0 Å². The van der Waals surface area contributed by atoms with Gasteiger partial charge >= 0.3 is 0 Å². The highest BCUT2D eigenvalue weighted by molar-refractivity contribution is 5.78. The lowest BCUT2D eigenvalue weighted by Crippen LogP contribution is -2.41. The fraction of sp³-hybridized carbons (Fsp3) is 0.353. The van der Waals surface area contributed by atoms with E-state index in [1.165, 1.54) is 6.33 Å². The average Bonchev–Trinajstić information content (AvgIpc) is 3.23. The van der Waals surface area contributed by atoms with Gasteiger partial charge in [0.2, 0.25) is 5.91 Å². The first-order chi connectivity index (χ1) is 12.2. The standard InChI is InChI=1S/C17H19N7O/c1-12-9-23-10-14(4-7-16(23)19-12)20-17(25)8-13-2-5-15(6-3-13)24-11-18-21-22-24/h2-3,5-6,9,11,14H,4,7-8,10H2,1H3,(H,20,25). The zero-order valence-corrected chi connectivity index (χ0v) is 14.0. The molecule has 25 heavy (non-hydrogen) atoms. The molecule has 128 valence electrons. The fourth-order valence-corrected chi connectivity index (χ4v) is 3.21. The number of benzene rings is 1. The van der Waals surface area contributed by atoms with Crippen molar-refractivity contribution in [2.45, 2.75) is 38.8 Å². The lowest BCUT2D eigenvalue weighted by Gasteiger charge is -2.24. The molecule has 1 amide bonds. The summed E-state index contributed by atoms with van der Waals surface area (Å²) in [6.07, 6.45) is 5.78. The SMILES string of the molecule is Cc1cn2c(n1)CCC(NC(=O)Cc1ccc(-n3cnnn3)cc1)C2. The first kappa shape index (κ1) is 15.5. The molecule has 8 heteroatoms. The molecule has 1 aliphatic heterocycles. The minimum atomic E-state index is 0.0421. The summed E-state index contributed by atoms with van der Waals surface area (Å²) in [4.78, 5) is 16.8. The molecule has 1 unspecified atom stereocenters. The van der Waals surface area contributed by atoms with Crippen LogP contribution in [0.1, 0.15) is 23.5 Å². The third-order valence-electron chi connectivity index (χ3n) is 4.39. The molecule has 8 nitrogen and oxygen atoms in total. The van der Waals surface area contributed by atoms with Crippen molar-refractivity contribution in [3.63, 3.8) is 0 Å². The number of carbonyl (C=O) groups is 1. The van der Waals surface area contributed by atoms with Crippen molar-refractivity contribution in [3.8, 4) is 5.69 Å². The lowest BCUT2D eigenvalue weighted by molar-refractivity contribution is -0.121. The second-order valence-electron chi connectivity index (χ2n) is 6.35. The molecule has 1 aromatic carbocycles. The van der Waals surface area contributed by atoms with Crippen molar-refractivity contribution in [2.75, 3.05) is 0 Å². The Morgan fingerprint density at radius 3 is 2.92 bits per heavy atom. The van der Waals surface area contributed by atoms with E-state index in [-0.39, 0.29) is 11.9 Å². The first-order valence-electron chi connectivity index (χ1n) is 8.32. The number of hydrogen-bond donors (Lipinski definition) is 1. The third-order valence-corrected chi connectivity index (χ3v) is 4.39. The molecule has 1 aliphatic rings. The summed E-state index contributed by atoms with van der Waals surface area (Å²) in [6.45, 7) is 2.79. The Balaban J connectivity index is 1.35. The number of aromatic nitrogens is 6. The minimum absolute atomic E-state index is 0.0421. The number of nitrogens with one attached hydrogen (secondary N) is 1. The van der Waals surface area contributed by atoms with Crippen LogP contribution in [-0.2, 0) is 24.2 Å². The molecule has 0 spiro atoms. The Morgan fingerprint density at radius 1 is 1.32 bits per heavy atom. The third kappa shape index (κ3) is 3.42. The monoisotopic (exact) mass is 337 g/mol. The molecule has 0 aliphatic carbocycles. The predicted octanol–water partition coefficient (Wildman–Crippen LogP) is 0.841. The van der Waals surface area contributed by atoms with E-state index in [9.17, 15) is 4.79 Å². The maximum absolute atomic E-state index is 12.3. The van der Waals surface area contributed by atoms with E-state index in [1.54, 1.807) is 4.68 Å². The number of nitrogens with zero attached hydrogens (tertiary/aromatic N) is 6. The Bertz CT molecular complexity index is 867. The summed E-state index contributed by atoms with van der Waals surface area (Å²) < 4.78 is 3.72. The lowest BCUT2D eigenvalue weighted by atomic mass is 10.1. The summed E-state index contributed by atoms with van der Waals surface area (Å²) in [5.74, 6) is 1.15. The van der Waals surface area contributed by atoms with Crippen molar-refractivity contribution >= 4 is 5.91 Å². The molecule has 3 aromatic rings. The van der Waals surface area contributed by atoms with Crippen LogP contribution in [0.5, 0.6) is 0 Å². The molecule has 4 rings (SSSR count). The van der Waals surface area contributed by atoms with Crippen molar-refractivity contribution in [1.29, 1.82) is 0 Å². The highest BCUT2D eigenvalue weighted by Gasteiger charge is 2.21. The van der Waals surface area contributed by atoms with Crippen LogP contribution in [0.15, 0.2) is 36.8 Å². The fourth-order valence-electron chi connectivity index (χ4n) is 3.21. The topological polar surface area (TPSA) is 90.5 Å². The van der Waals surface area contributed by atoms with Gasteiger partial charge in [0, 0.05) is 25.2 Å². The van der Waals surface area contributed by atoms with Crippen LogP contribution >= 0.6 is 0 Å². The van der Waals surface area contributed by atoms with E-state index in [4.69, 9.17) is 0 Å². The summed E-state index contributed by atoms with van der Waals surface area (Å²) in [7, 11) is 0. The van der Waals surface area contributed by atoms with Crippen molar-refractivity contribution < 1.29 is 4.79 Å². The zero-order chi connectivity index (χ0) is 17.2. The van der Waals surface area contributed by atoms with Crippen LogP contribution in [0.4, 0.5) is 0 Å². The highest BCUT2D eigenvalue weighted by atomic mass is 16.1. The van der Waals surface area contributed by atoms with Gasteiger partial charge in [-0.05, 0) is 41.5 Å². The zero-order valence-electron chi connectivity index (χ0n) is 14.0. The van der Waals surface area contributed by atoms with Gasteiger partial charge in [0.25, 0.3) is 0 Å². The maximum Gasteiger partial charge on any atom is 0.224 e. The molecule has 1 atom stereocenters. The number of amides is 1. The van der Waals surface area contributed by atoms with Crippen LogP contribution in [-0.4, -0.2) is 41.7 Å². The Kier molecular flexibility index (Phi) is 4.01. The maximum atomic E-state index is 12.3. The summed E-state index contributed by atoms with van der Waals surface area (Å²) in [5, 5.41) is 14.2. The van der Waals surface area contributed by atoms with Crippen LogP contribution in [0, 0.1) is 6.92 Å². The van der Waals surface area contributed by atoms with Gasteiger partial charge in [-0.25, -0.2) is 9.67 Å². The molecule has 1 N–H and O–H groups in total. The van der Waals surface area contributed by atoms with Crippen LogP contribution in [0.3, 0.4) is 0 Å². The van der Waals surface area contributed by atoms with Crippen molar-refractivity contribution in [1.82, 2.24) is 35.1 Å². The molecule has 0 saturated heterocycles. The smallest absolute Gasteiger partial charge is 0.224 e. The second kappa shape index (κ2) is 6.46. The minimum Gasteiger partial charge on any atom is -0.351 e. The molecule has 0 saturated carbocycles. The van der Waals surface area contributed by atoms with Gasteiger partial charge < -0.3 is 9.88 Å². The summed E-state index contributed by atoms with van der Waals surface area (Å²) in [5.41, 5.74) is 2.86. The molecule has 3 heterocycles. The molecule has 0 bridgehead atoms. The van der Waals surface area contributed by atoms with E-state index in [2.05, 4.69) is 30.4 Å². The number of aryl methyl sites for hydroxylation is 2. The number of fused-ring (bicyclic) bond motifs is 1. The van der Waals surface area contributed by atoms with Crippen molar-refractivity contribution in [3.05, 3.63) is 53.9 Å². The number of carbonyl (C=O) groups excluding carboxylic acids is 1. The molecule has 2 aromatic heterocycles. The predicted molar refractivity (Wildman–Crippen MR) is 90.1 cm³/mol. The van der Waals surface area contributed by atoms with Crippen molar-refractivity contribution in [2.24, 2.45) is 0 Å². The van der Waals surface area contributed by atoms with Crippen LogP contribution in [0.25, 0.3) is 5.69 Å². The van der Waals surface area contributed by atoms with Gasteiger partial charge in [0.15, 0.2) is 0 Å². The van der Waals surface area contributed by atoms with Gasteiger partial charge in [-0.15, -0.1) is 5.10 Å². The van der Waals surface area contributed by atoms with Crippen LogP contribution in [0.2, 0.25) is 0 Å². The molecule has 0 radical (unpaired) electrons. The summed E-state index contributed by atoms with van der Waals surface area (Å²) in [6, 6.07) is 7.82. The normalized spacial score (nSPS) is 16.4. The van der Waals surface area contributed by atoms with E-state index in [0.29, 0.717) is 6.42 Å². The number of imidazole rings is 1. The van der Waals surface area contributed by atoms with Gasteiger partial charge in [0.05, 0.1) is 17.8 Å². The molecular formula is C17H19N7O. The van der Waals surface area contributed by atoms with Gasteiger partial charge in [-0.3, -0.25) is 4.79 Å². The Hall–Kier alpha value is -3.03. The molecular weight excluding hydrogens is 318 g/mol. The Morgan fingerprint density at radius 2 is 2.16 bits per heavy atom. The average molecular weight is 337 g/mol.